The first-order chi connectivity index (χ1) is 9.47. The molecule has 0 aliphatic heterocycles. The first kappa shape index (κ1) is 14.0. The number of hydrogen-bond donors (Lipinski definition) is 2. The van der Waals surface area contributed by atoms with E-state index in [9.17, 15) is 4.79 Å². The second-order valence-electron chi connectivity index (χ2n) is 4.17. The van der Waals surface area contributed by atoms with E-state index in [4.69, 9.17) is 23.1 Å². The number of carbonyl (C=O) groups excluding carboxylic acids is 1. The fraction of sp³-hybridized carbons (Fsp3) is 0.0714. The molecule has 5 nitrogen and oxygen atoms in total. The number of carbonyl (C=O) groups is 1. The number of anilines is 2. The Hall–Kier alpha value is -2.40. The molecule has 1 heterocycles. The Morgan fingerprint density at radius 3 is 2.45 bits per heavy atom. The minimum absolute atomic E-state index is 0.112. The molecule has 0 unspecified atom stereocenters. The summed E-state index contributed by atoms with van der Waals surface area (Å²) in [5, 5.41) is 0.581. The van der Waals surface area contributed by atoms with E-state index in [1.165, 1.54) is 6.08 Å². The summed E-state index contributed by atoms with van der Waals surface area (Å²) in [6, 6.07) is 6.64. The molecule has 0 saturated carbocycles. The summed E-state index contributed by atoms with van der Waals surface area (Å²) < 4.78 is 0. The van der Waals surface area contributed by atoms with Crippen LogP contribution < -0.4 is 11.5 Å². The van der Waals surface area contributed by atoms with E-state index < -0.39 is 0 Å². The Labute approximate surface area is 121 Å². The van der Waals surface area contributed by atoms with Crippen molar-refractivity contribution in [2.24, 2.45) is 0 Å². The minimum Gasteiger partial charge on any atom is -0.383 e. The van der Waals surface area contributed by atoms with Crippen LogP contribution in [0.2, 0.25) is 5.02 Å². The fourth-order valence-electron chi connectivity index (χ4n) is 1.70. The number of aromatic nitrogens is 2. The van der Waals surface area contributed by atoms with Gasteiger partial charge in [0, 0.05) is 16.1 Å². The van der Waals surface area contributed by atoms with Crippen LogP contribution in [0, 0.1) is 6.92 Å². The predicted molar refractivity (Wildman–Crippen MR) is 80.4 cm³/mol. The van der Waals surface area contributed by atoms with Crippen LogP contribution in [0.5, 0.6) is 0 Å². The lowest BCUT2D eigenvalue weighted by molar-refractivity contribution is 0.104. The second-order valence-corrected chi connectivity index (χ2v) is 4.61. The topological polar surface area (TPSA) is 94.9 Å². The molecular weight excluding hydrogens is 276 g/mol. The quantitative estimate of drug-likeness (QED) is 0.668. The van der Waals surface area contributed by atoms with E-state index in [0.29, 0.717) is 21.8 Å². The van der Waals surface area contributed by atoms with Crippen LogP contribution in [0.4, 0.5) is 11.8 Å². The van der Waals surface area contributed by atoms with Crippen molar-refractivity contribution in [2.75, 3.05) is 11.5 Å². The summed E-state index contributed by atoms with van der Waals surface area (Å²) in [4.78, 5) is 19.8. The summed E-state index contributed by atoms with van der Waals surface area (Å²) in [5.41, 5.74) is 13.0. The van der Waals surface area contributed by atoms with Gasteiger partial charge in [-0.15, -0.1) is 0 Å². The Balaban J connectivity index is 2.25. The highest BCUT2D eigenvalue weighted by Crippen LogP contribution is 2.17. The van der Waals surface area contributed by atoms with Crippen molar-refractivity contribution in [1.29, 1.82) is 0 Å². The van der Waals surface area contributed by atoms with Crippen LogP contribution in [-0.4, -0.2) is 15.8 Å². The van der Waals surface area contributed by atoms with Gasteiger partial charge < -0.3 is 11.5 Å². The highest BCUT2D eigenvalue weighted by molar-refractivity contribution is 6.30. The monoisotopic (exact) mass is 288 g/mol. The number of nitrogens with zero attached hydrogens (tertiary/aromatic N) is 2. The van der Waals surface area contributed by atoms with Gasteiger partial charge in [0.2, 0.25) is 5.95 Å². The van der Waals surface area contributed by atoms with Gasteiger partial charge in [0.05, 0.1) is 5.69 Å². The van der Waals surface area contributed by atoms with E-state index in [1.54, 1.807) is 37.3 Å². The summed E-state index contributed by atoms with van der Waals surface area (Å²) >= 11 is 5.77. The largest absolute Gasteiger partial charge is 0.383 e. The second kappa shape index (κ2) is 5.71. The number of hydrogen-bond acceptors (Lipinski definition) is 5. The zero-order valence-electron chi connectivity index (χ0n) is 10.8. The van der Waals surface area contributed by atoms with Gasteiger partial charge in [0.15, 0.2) is 5.78 Å². The van der Waals surface area contributed by atoms with Crippen LogP contribution in [0.25, 0.3) is 6.08 Å². The first-order valence-electron chi connectivity index (χ1n) is 5.85. The molecule has 0 saturated heterocycles. The molecule has 0 atom stereocenters. The summed E-state index contributed by atoms with van der Waals surface area (Å²) in [6.45, 7) is 1.75. The van der Waals surface area contributed by atoms with Crippen molar-refractivity contribution in [3.63, 3.8) is 0 Å². The number of benzene rings is 1. The van der Waals surface area contributed by atoms with Crippen LogP contribution in [0.3, 0.4) is 0 Å². The van der Waals surface area contributed by atoms with E-state index in [1.807, 2.05) is 0 Å². The molecule has 0 fully saturated rings. The van der Waals surface area contributed by atoms with Crippen LogP contribution in [0.15, 0.2) is 30.3 Å². The van der Waals surface area contributed by atoms with E-state index >= 15 is 0 Å². The predicted octanol–water partition coefficient (Wildman–Crippen LogP) is 2.50. The van der Waals surface area contributed by atoms with Gasteiger partial charge in [-0.25, -0.2) is 4.98 Å². The molecular formula is C14H13ClN4O. The van der Waals surface area contributed by atoms with E-state index in [0.717, 1.165) is 0 Å². The number of rotatable bonds is 3. The summed E-state index contributed by atoms with van der Waals surface area (Å²) in [6.07, 6.45) is 3.00. The zero-order valence-corrected chi connectivity index (χ0v) is 11.6. The molecule has 1 aromatic carbocycles. The molecule has 0 radical (unpaired) electrons. The van der Waals surface area contributed by atoms with Crippen molar-refractivity contribution in [3.05, 3.63) is 52.2 Å². The Morgan fingerprint density at radius 2 is 1.85 bits per heavy atom. The third-order valence-electron chi connectivity index (χ3n) is 2.71. The van der Waals surface area contributed by atoms with Crippen molar-refractivity contribution < 1.29 is 4.79 Å². The van der Waals surface area contributed by atoms with Crippen molar-refractivity contribution in [2.45, 2.75) is 6.92 Å². The Kier molecular flexibility index (Phi) is 4.00. The third kappa shape index (κ3) is 3.13. The maximum absolute atomic E-state index is 12.0. The molecule has 0 aliphatic carbocycles. The Morgan fingerprint density at radius 1 is 1.20 bits per heavy atom. The summed E-state index contributed by atoms with van der Waals surface area (Å²) in [5.74, 6) is 0.202. The molecule has 0 amide bonds. The Bertz CT molecular complexity index is 657. The number of nitrogen functional groups attached to an aromatic ring is 2. The van der Waals surface area contributed by atoms with Crippen LogP contribution >= 0.6 is 11.6 Å². The molecule has 2 aromatic rings. The molecule has 4 N–H and O–H groups in total. The average Bonchev–Trinajstić information content (AvgIpc) is 2.38. The van der Waals surface area contributed by atoms with Gasteiger partial charge in [-0.3, -0.25) is 4.79 Å². The van der Waals surface area contributed by atoms with Gasteiger partial charge >= 0.3 is 0 Å². The fourth-order valence-corrected chi connectivity index (χ4v) is 1.83. The highest BCUT2D eigenvalue weighted by atomic mass is 35.5. The van der Waals surface area contributed by atoms with Crippen LogP contribution in [0.1, 0.15) is 21.6 Å². The van der Waals surface area contributed by atoms with Crippen molar-refractivity contribution in [1.82, 2.24) is 9.97 Å². The maximum atomic E-state index is 12.0. The molecule has 0 spiro atoms. The lowest BCUT2D eigenvalue weighted by Gasteiger charge is -2.04. The molecule has 102 valence electrons. The standard InChI is InChI=1S/C14H13ClN4O/c1-8-11(13(16)19-14(17)18-8)6-7-12(20)9-2-4-10(15)5-3-9/h2-7H,1H3,(H4,16,17,18,19)/b7-6+. The maximum Gasteiger partial charge on any atom is 0.222 e. The minimum atomic E-state index is -0.155. The van der Waals surface area contributed by atoms with Gasteiger partial charge in [-0.1, -0.05) is 11.6 Å². The van der Waals surface area contributed by atoms with Crippen molar-refractivity contribution >= 4 is 35.2 Å². The summed E-state index contributed by atoms with van der Waals surface area (Å²) in [7, 11) is 0. The van der Waals surface area contributed by atoms with E-state index in [2.05, 4.69) is 9.97 Å². The SMILES string of the molecule is Cc1nc(N)nc(N)c1/C=C/C(=O)c1ccc(Cl)cc1. The molecule has 1 aromatic heterocycles. The van der Waals surface area contributed by atoms with Crippen LogP contribution in [-0.2, 0) is 0 Å². The number of halogens is 1. The number of ketones is 1. The van der Waals surface area contributed by atoms with Crippen molar-refractivity contribution in [3.8, 4) is 0 Å². The number of nitrogens with two attached hydrogens (primary N) is 2. The lowest BCUT2D eigenvalue weighted by atomic mass is 10.1. The number of allylic oxidation sites excluding steroid dienone is 1. The molecule has 20 heavy (non-hydrogen) atoms. The number of aryl methyl sites for hydroxylation is 1. The molecule has 6 heteroatoms. The third-order valence-corrected chi connectivity index (χ3v) is 2.97. The highest BCUT2D eigenvalue weighted by Gasteiger charge is 2.06. The average molecular weight is 289 g/mol. The molecule has 0 aliphatic rings. The normalized spacial score (nSPS) is 10.9. The van der Waals surface area contributed by atoms with Gasteiger partial charge in [-0.05, 0) is 43.3 Å². The van der Waals surface area contributed by atoms with E-state index in [-0.39, 0.29) is 17.5 Å². The van der Waals surface area contributed by atoms with Gasteiger partial charge in [0.1, 0.15) is 5.82 Å². The van der Waals surface area contributed by atoms with Gasteiger partial charge in [-0.2, -0.15) is 4.98 Å². The molecule has 2 rings (SSSR count). The zero-order chi connectivity index (χ0) is 14.7. The molecule has 0 bridgehead atoms. The smallest absolute Gasteiger partial charge is 0.222 e. The van der Waals surface area contributed by atoms with Gasteiger partial charge in [0.25, 0.3) is 0 Å². The lowest BCUT2D eigenvalue weighted by Crippen LogP contribution is -2.04. The first-order valence-corrected chi connectivity index (χ1v) is 6.22.